The van der Waals surface area contributed by atoms with E-state index in [0.29, 0.717) is 12.2 Å². The molecule has 3 atom stereocenters. The van der Waals surface area contributed by atoms with E-state index < -0.39 is 0 Å². The van der Waals surface area contributed by atoms with Crippen LogP contribution in [0.1, 0.15) is 24.1 Å². The van der Waals surface area contributed by atoms with E-state index in [9.17, 15) is 0 Å². The third kappa shape index (κ3) is 1.67. The van der Waals surface area contributed by atoms with Crippen molar-refractivity contribution in [1.82, 2.24) is 0 Å². The van der Waals surface area contributed by atoms with Crippen LogP contribution in [0.15, 0.2) is 15.9 Å². The van der Waals surface area contributed by atoms with Gasteiger partial charge in [-0.1, -0.05) is 0 Å². The zero-order valence-corrected chi connectivity index (χ0v) is 11.5. The fourth-order valence-electron chi connectivity index (χ4n) is 3.14. The van der Waals surface area contributed by atoms with E-state index >= 15 is 0 Å². The standard InChI is InChI=1S/C12H16BrNOS/c13-9-3-4-16-10(9)6-12(7-14)5-8-1-2-11(12)15-8/h3-4,8,11H,1-2,5-7,14H2. The number of fused-ring (bicyclic) bond motifs is 2. The average Bonchev–Trinajstić information content (AvgIpc) is 2.96. The summed E-state index contributed by atoms with van der Waals surface area (Å²) in [6.07, 6.45) is 5.54. The zero-order chi connectivity index (χ0) is 11.2. The van der Waals surface area contributed by atoms with E-state index in [4.69, 9.17) is 10.5 Å². The molecule has 0 amide bonds. The van der Waals surface area contributed by atoms with Crippen LogP contribution in [0.5, 0.6) is 0 Å². The summed E-state index contributed by atoms with van der Waals surface area (Å²) in [7, 11) is 0. The maximum absolute atomic E-state index is 6.03. The van der Waals surface area contributed by atoms with Crippen LogP contribution in [-0.2, 0) is 11.2 Å². The largest absolute Gasteiger partial charge is 0.374 e. The molecule has 1 aromatic rings. The molecule has 0 radical (unpaired) electrons. The number of thiophene rings is 1. The first-order valence-corrected chi connectivity index (χ1v) is 7.48. The van der Waals surface area contributed by atoms with E-state index in [0.717, 1.165) is 19.4 Å². The Balaban J connectivity index is 1.84. The van der Waals surface area contributed by atoms with Gasteiger partial charge in [-0.3, -0.25) is 0 Å². The summed E-state index contributed by atoms with van der Waals surface area (Å²) < 4.78 is 7.21. The molecule has 2 aliphatic rings. The van der Waals surface area contributed by atoms with Crippen molar-refractivity contribution in [2.45, 2.75) is 37.9 Å². The predicted octanol–water partition coefficient (Wildman–Crippen LogP) is 2.95. The van der Waals surface area contributed by atoms with Gasteiger partial charge < -0.3 is 10.5 Å². The molecule has 0 spiro atoms. The highest BCUT2D eigenvalue weighted by Crippen LogP contribution is 2.50. The van der Waals surface area contributed by atoms with E-state index in [1.807, 2.05) is 11.3 Å². The van der Waals surface area contributed by atoms with Crippen molar-refractivity contribution in [1.29, 1.82) is 0 Å². The van der Waals surface area contributed by atoms with Crippen LogP contribution in [0, 0.1) is 5.41 Å². The van der Waals surface area contributed by atoms with Crippen molar-refractivity contribution in [3.63, 3.8) is 0 Å². The van der Waals surface area contributed by atoms with Gasteiger partial charge in [-0.25, -0.2) is 0 Å². The van der Waals surface area contributed by atoms with Crippen LogP contribution in [0.4, 0.5) is 0 Å². The van der Waals surface area contributed by atoms with E-state index in [-0.39, 0.29) is 5.41 Å². The van der Waals surface area contributed by atoms with E-state index in [1.54, 1.807) is 0 Å². The summed E-state index contributed by atoms with van der Waals surface area (Å²) in [6, 6.07) is 2.12. The third-order valence-electron chi connectivity index (χ3n) is 4.03. The molecule has 2 aliphatic heterocycles. The molecule has 0 aromatic carbocycles. The molecule has 16 heavy (non-hydrogen) atoms. The van der Waals surface area contributed by atoms with Crippen LogP contribution in [0.2, 0.25) is 0 Å². The van der Waals surface area contributed by atoms with Gasteiger partial charge in [0, 0.05) is 21.3 Å². The first kappa shape index (κ1) is 11.2. The lowest BCUT2D eigenvalue weighted by Gasteiger charge is -2.33. The number of hydrogen-bond acceptors (Lipinski definition) is 3. The smallest absolute Gasteiger partial charge is 0.0652 e. The molecule has 2 N–H and O–H groups in total. The molecular formula is C12H16BrNOS. The number of hydrogen-bond donors (Lipinski definition) is 1. The minimum Gasteiger partial charge on any atom is -0.374 e. The molecule has 2 nitrogen and oxygen atoms in total. The fourth-order valence-corrected chi connectivity index (χ4v) is 4.78. The molecule has 2 saturated heterocycles. The third-order valence-corrected chi connectivity index (χ3v) is 5.96. The predicted molar refractivity (Wildman–Crippen MR) is 69.7 cm³/mol. The molecule has 0 saturated carbocycles. The van der Waals surface area contributed by atoms with Gasteiger partial charge in [0.25, 0.3) is 0 Å². The van der Waals surface area contributed by atoms with Crippen LogP contribution in [0.3, 0.4) is 0 Å². The molecule has 2 fully saturated rings. The average molecular weight is 302 g/mol. The highest BCUT2D eigenvalue weighted by Gasteiger charge is 2.51. The molecule has 3 heterocycles. The van der Waals surface area contributed by atoms with Crippen molar-refractivity contribution in [3.8, 4) is 0 Å². The second kappa shape index (κ2) is 4.09. The summed E-state index contributed by atoms with van der Waals surface area (Å²) in [4.78, 5) is 1.42. The monoisotopic (exact) mass is 301 g/mol. The fraction of sp³-hybridized carbons (Fsp3) is 0.667. The van der Waals surface area contributed by atoms with Gasteiger partial charge in [0.2, 0.25) is 0 Å². The Morgan fingerprint density at radius 1 is 1.56 bits per heavy atom. The van der Waals surface area contributed by atoms with Crippen molar-refractivity contribution < 1.29 is 4.74 Å². The summed E-state index contributed by atoms with van der Waals surface area (Å²) in [5, 5.41) is 2.14. The Hall–Kier alpha value is 0.1000. The molecule has 0 aliphatic carbocycles. The minimum atomic E-state index is 0.205. The lowest BCUT2D eigenvalue weighted by molar-refractivity contribution is 0.0639. The van der Waals surface area contributed by atoms with Gasteiger partial charge in [-0.2, -0.15) is 0 Å². The van der Waals surface area contributed by atoms with Crippen molar-refractivity contribution in [2.75, 3.05) is 6.54 Å². The quantitative estimate of drug-likeness (QED) is 0.931. The summed E-state index contributed by atoms with van der Waals surface area (Å²) >= 11 is 5.43. The summed E-state index contributed by atoms with van der Waals surface area (Å²) in [5.41, 5.74) is 6.24. The highest BCUT2D eigenvalue weighted by atomic mass is 79.9. The number of halogens is 1. The molecule has 2 bridgehead atoms. The number of rotatable bonds is 3. The number of ether oxygens (including phenoxy) is 1. The Morgan fingerprint density at radius 2 is 2.44 bits per heavy atom. The van der Waals surface area contributed by atoms with Crippen LogP contribution < -0.4 is 5.73 Å². The van der Waals surface area contributed by atoms with Crippen LogP contribution in [0.25, 0.3) is 0 Å². The molecular weight excluding hydrogens is 286 g/mol. The van der Waals surface area contributed by atoms with E-state index in [2.05, 4.69) is 27.4 Å². The van der Waals surface area contributed by atoms with Crippen LogP contribution in [-0.4, -0.2) is 18.8 Å². The van der Waals surface area contributed by atoms with Crippen molar-refractivity contribution in [3.05, 3.63) is 20.8 Å². The second-order valence-corrected chi connectivity index (χ2v) is 6.82. The highest BCUT2D eigenvalue weighted by molar-refractivity contribution is 9.10. The molecule has 4 heteroatoms. The SMILES string of the molecule is NCC1(Cc2sccc2Br)CC2CCC1O2. The lowest BCUT2D eigenvalue weighted by Crippen LogP contribution is -2.41. The normalized spacial score (nSPS) is 37.1. The van der Waals surface area contributed by atoms with Crippen LogP contribution >= 0.6 is 27.3 Å². The Labute approximate surface area is 108 Å². The molecule has 88 valence electrons. The minimum absolute atomic E-state index is 0.205. The van der Waals surface area contributed by atoms with Gasteiger partial charge in [-0.05, 0) is 53.1 Å². The van der Waals surface area contributed by atoms with Crippen molar-refractivity contribution in [2.24, 2.45) is 11.1 Å². The molecule has 3 unspecified atom stereocenters. The first-order chi connectivity index (χ1) is 7.73. The van der Waals surface area contributed by atoms with Gasteiger partial charge in [0.1, 0.15) is 0 Å². The zero-order valence-electron chi connectivity index (χ0n) is 9.12. The van der Waals surface area contributed by atoms with Gasteiger partial charge in [0.05, 0.1) is 12.2 Å². The molecule has 1 aromatic heterocycles. The van der Waals surface area contributed by atoms with Gasteiger partial charge in [-0.15, -0.1) is 11.3 Å². The molecule has 3 rings (SSSR count). The first-order valence-electron chi connectivity index (χ1n) is 5.81. The van der Waals surface area contributed by atoms with Crippen molar-refractivity contribution >= 4 is 27.3 Å². The lowest BCUT2D eigenvalue weighted by atomic mass is 9.71. The Morgan fingerprint density at radius 3 is 2.94 bits per heavy atom. The Bertz CT molecular complexity index is 394. The maximum atomic E-state index is 6.03. The van der Waals surface area contributed by atoms with Gasteiger partial charge >= 0.3 is 0 Å². The summed E-state index contributed by atoms with van der Waals surface area (Å²) in [6.45, 7) is 0.749. The second-order valence-electron chi connectivity index (χ2n) is 4.96. The topological polar surface area (TPSA) is 35.2 Å². The maximum Gasteiger partial charge on any atom is 0.0652 e. The summed E-state index contributed by atoms with van der Waals surface area (Å²) in [5.74, 6) is 0. The number of nitrogens with two attached hydrogens (primary N) is 1. The van der Waals surface area contributed by atoms with Gasteiger partial charge in [0.15, 0.2) is 0 Å². The van der Waals surface area contributed by atoms with E-state index in [1.165, 1.54) is 22.2 Å². The Kier molecular flexibility index (Phi) is 2.86.